The largest absolute Gasteiger partial charge is 0.405 e. The van der Waals surface area contributed by atoms with E-state index < -0.39 is 18.3 Å². The lowest BCUT2D eigenvalue weighted by Crippen LogP contribution is -2.56. The van der Waals surface area contributed by atoms with Gasteiger partial charge in [-0.15, -0.1) is 0 Å². The maximum absolute atomic E-state index is 13.2. The van der Waals surface area contributed by atoms with Crippen molar-refractivity contribution in [1.29, 1.82) is 0 Å². The molecule has 2 atom stereocenters. The molecule has 0 saturated heterocycles. The van der Waals surface area contributed by atoms with Gasteiger partial charge in [-0.05, 0) is 24.0 Å². The molecular weight excluding hydrogens is 253 g/mol. The minimum atomic E-state index is -4.28. The molecule has 5 heteroatoms. The molecule has 1 aromatic rings. The number of nitrogens with two attached hydrogens (primary N) is 1. The lowest BCUT2D eigenvalue weighted by Gasteiger charge is -2.39. The Morgan fingerprint density at radius 3 is 2.47 bits per heavy atom. The summed E-state index contributed by atoms with van der Waals surface area (Å²) < 4.78 is 39.6. The second-order valence-corrected chi connectivity index (χ2v) is 5.05. The monoisotopic (exact) mass is 272 g/mol. The molecule has 0 fully saturated rings. The van der Waals surface area contributed by atoms with Crippen LogP contribution in [0.15, 0.2) is 24.3 Å². The molecular formula is C14H19F3N2. The average Bonchev–Trinajstić information content (AvgIpc) is 2.37. The van der Waals surface area contributed by atoms with Crippen molar-refractivity contribution in [2.45, 2.75) is 44.6 Å². The number of rotatable bonds is 3. The van der Waals surface area contributed by atoms with Crippen LogP contribution < -0.4 is 5.73 Å². The molecule has 0 aromatic heterocycles. The number of halogens is 3. The Kier molecular flexibility index (Phi) is 4.16. The van der Waals surface area contributed by atoms with Crippen LogP contribution in [0, 0.1) is 0 Å². The van der Waals surface area contributed by atoms with Gasteiger partial charge in [-0.2, -0.15) is 13.2 Å². The van der Waals surface area contributed by atoms with Gasteiger partial charge >= 0.3 is 6.18 Å². The SMILES string of the molecule is CCC(N)C(N1CCc2ccccc2C1)C(F)(F)F. The summed E-state index contributed by atoms with van der Waals surface area (Å²) in [5, 5.41) is 0. The standard InChI is InChI=1S/C14H19F3N2/c1-2-12(18)13(14(15,16)17)19-8-7-10-5-3-4-6-11(10)9-19/h3-6,12-13H,2,7-9,18H2,1H3. The molecule has 2 nitrogen and oxygen atoms in total. The van der Waals surface area contributed by atoms with Crippen LogP contribution in [0.4, 0.5) is 13.2 Å². The van der Waals surface area contributed by atoms with Gasteiger partial charge in [-0.3, -0.25) is 4.90 Å². The highest BCUT2D eigenvalue weighted by Crippen LogP contribution is 2.31. The number of fused-ring (bicyclic) bond motifs is 1. The Hall–Kier alpha value is -1.07. The number of hydrogen-bond acceptors (Lipinski definition) is 2. The molecule has 1 aromatic carbocycles. The van der Waals surface area contributed by atoms with Crippen molar-refractivity contribution in [1.82, 2.24) is 4.90 Å². The molecule has 106 valence electrons. The van der Waals surface area contributed by atoms with Gasteiger partial charge in [0.25, 0.3) is 0 Å². The van der Waals surface area contributed by atoms with E-state index in [-0.39, 0.29) is 0 Å². The summed E-state index contributed by atoms with van der Waals surface area (Å²) >= 11 is 0. The van der Waals surface area contributed by atoms with Crippen LogP contribution in [0.25, 0.3) is 0 Å². The molecule has 1 aliphatic heterocycles. The number of alkyl halides is 3. The van der Waals surface area contributed by atoms with Crippen molar-refractivity contribution in [3.8, 4) is 0 Å². The summed E-state index contributed by atoms with van der Waals surface area (Å²) in [7, 11) is 0. The Morgan fingerprint density at radius 2 is 1.89 bits per heavy atom. The zero-order valence-electron chi connectivity index (χ0n) is 11.0. The molecule has 2 rings (SSSR count). The van der Waals surface area contributed by atoms with Gasteiger partial charge < -0.3 is 5.73 Å². The first-order valence-corrected chi connectivity index (χ1v) is 6.56. The van der Waals surface area contributed by atoms with Crippen molar-refractivity contribution in [3.63, 3.8) is 0 Å². The van der Waals surface area contributed by atoms with E-state index in [0.29, 0.717) is 25.9 Å². The predicted octanol–water partition coefficient (Wildman–Crippen LogP) is 2.71. The van der Waals surface area contributed by atoms with Crippen molar-refractivity contribution in [3.05, 3.63) is 35.4 Å². The quantitative estimate of drug-likeness (QED) is 0.916. The summed E-state index contributed by atoms with van der Waals surface area (Å²) in [6.45, 7) is 2.43. The van der Waals surface area contributed by atoms with Crippen LogP contribution in [0.3, 0.4) is 0 Å². The van der Waals surface area contributed by atoms with Crippen molar-refractivity contribution in [2.24, 2.45) is 5.73 Å². The normalized spacial score (nSPS) is 19.8. The van der Waals surface area contributed by atoms with E-state index in [1.807, 2.05) is 24.3 Å². The lowest BCUT2D eigenvalue weighted by molar-refractivity contribution is -0.192. The third-order valence-electron chi connectivity index (χ3n) is 3.77. The Labute approximate surface area is 111 Å². The number of hydrogen-bond donors (Lipinski definition) is 1. The van der Waals surface area contributed by atoms with Gasteiger partial charge in [-0.1, -0.05) is 31.2 Å². The van der Waals surface area contributed by atoms with Gasteiger partial charge in [0.15, 0.2) is 0 Å². The third kappa shape index (κ3) is 3.09. The molecule has 1 aliphatic rings. The first-order chi connectivity index (χ1) is 8.93. The van der Waals surface area contributed by atoms with E-state index in [9.17, 15) is 13.2 Å². The molecule has 19 heavy (non-hydrogen) atoms. The first-order valence-electron chi connectivity index (χ1n) is 6.56. The maximum atomic E-state index is 13.2. The van der Waals surface area contributed by atoms with E-state index >= 15 is 0 Å². The van der Waals surface area contributed by atoms with Crippen molar-refractivity contribution in [2.75, 3.05) is 6.54 Å². The molecule has 1 heterocycles. The fourth-order valence-corrected chi connectivity index (χ4v) is 2.70. The lowest BCUT2D eigenvalue weighted by atomic mass is 9.96. The Morgan fingerprint density at radius 1 is 1.26 bits per heavy atom. The minimum Gasteiger partial charge on any atom is -0.326 e. The fourth-order valence-electron chi connectivity index (χ4n) is 2.70. The van der Waals surface area contributed by atoms with Gasteiger partial charge in [-0.25, -0.2) is 0 Å². The van der Waals surface area contributed by atoms with Crippen molar-refractivity contribution >= 4 is 0 Å². The topological polar surface area (TPSA) is 29.3 Å². The smallest absolute Gasteiger partial charge is 0.326 e. The molecule has 0 amide bonds. The molecule has 0 saturated carbocycles. The van der Waals surface area contributed by atoms with Gasteiger partial charge in [0.2, 0.25) is 0 Å². The summed E-state index contributed by atoms with van der Waals surface area (Å²) in [6, 6.07) is 5.25. The van der Waals surface area contributed by atoms with Crippen molar-refractivity contribution < 1.29 is 13.2 Å². The molecule has 0 radical (unpaired) electrons. The van der Waals surface area contributed by atoms with Crippen LogP contribution >= 0.6 is 0 Å². The van der Waals surface area contributed by atoms with Crippen LogP contribution in [0.1, 0.15) is 24.5 Å². The van der Waals surface area contributed by atoms with Crippen LogP contribution in [-0.2, 0) is 13.0 Å². The highest BCUT2D eigenvalue weighted by molar-refractivity contribution is 5.29. The predicted molar refractivity (Wildman–Crippen MR) is 68.7 cm³/mol. The van der Waals surface area contributed by atoms with E-state index in [0.717, 1.165) is 11.1 Å². The Balaban J connectivity index is 2.21. The van der Waals surface area contributed by atoms with Crippen LogP contribution in [0.5, 0.6) is 0 Å². The second-order valence-electron chi connectivity index (χ2n) is 5.05. The highest BCUT2D eigenvalue weighted by atomic mass is 19.4. The Bertz CT molecular complexity index is 431. The summed E-state index contributed by atoms with van der Waals surface area (Å²) in [6.07, 6.45) is -3.30. The van der Waals surface area contributed by atoms with Crippen LogP contribution in [0.2, 0.25) is 0 Å². The minimum absolute atomic E-state index is 0.322. The molecule has 2 unspecified atom stereocenters. The average molecular weight is 272 g/mol. The first kappa shape index (κ1) is 14.3. The zero-order valence-corrected chi connectivity index (χ0v) is 11.0. The van der Waals surface area contributed by atoms with E-state index in [1.54, 1.807) is 6.92 Å². The summed E-state index contributed by atoms with van der Waals surface area (Å²) in [5.74, 6) is 0. The fraction of sp³-hybridized carbons (Fsp3) is 0.571. The number of nitrogens with zero attached hydrogens (tertiary/aromatic N) is 1. The maximum Gasteiger partial charge on any atom is 0.405 e. The van der Waals surface area contributed by atoms with Crippen LogP contribution in [-0.4, -0.2) is 29.7 Å². The molecule has 0 bridgehead atoms. The molecule has 0 aliphatic carbocycles. The zero-order chi connectivity index (χ0) is 14.0. The van der Waals surface area contributed by atoms with Gasteiger partial charge in [0, 0.05) is 19.1 Å². The van der Waals surface area contributed by atoms with Gasteiger partial charge in [0.05, 0.1) is 0 Å². The molecule has 0 spiro atoms. The summed E-state index contributed by atoms with van der Waals surface area (Å²) in [5.41, 5.74) is 7.81. The van der Waals surface area contributed by atoms with E-state index in [2.05, 4.69) is 0 Å². The summed E-state index contributed by atoms with van der Waals surface area (Å²) in [4.78, 5) is 1.47. The second kappa shape index (κ2) is 5.51. The van der Waals surface area contributed by atoms with E-state index in [4.69, 9.17) is 5.73 Å². The van der Waals surface area contributed by atoms with Gasteiger partial charge in [0.1, 0.15) is 6.04 Å². The molecule has 2 N–H and O–H groups in total. The van der Waals surface area contributed by atoms with E-state index in [1.165, 1.54) is 4.90 Å². The number of benzene rings is 1. The highest BCUT2D eigenvalue weighted by Gasteiger charge is 2.47. The third-order valence-corrected chi connectivity index (χ3v) is 3.77.